The van der Waals surface area contributed by atoms with Gasteiger partial charge in [0.1, 0.15) is 0 Å². The normalized spacial score (nSPS) is 15.3. The smallest absolute Gasteiger partial charge is 0.255 e. The lowest BCUT2D eigenvalue weighted by atomic mass is 10.1. The minimum atomic E-state index is -3.66. The van der Waals surface area contributed by atoms with Crippen molar-refractivity contribution in [2.45, 2.75) is 63.8 Å². The second-order valence-corrected chi connectivity index (χ2v) is 11.1. The molecule has 4 rings (SSSR count). The van der Waals surface area contributed by atoms with Crippen LogP contribution in [-0.2, 0) is 22.9 Å². The molecule has 0 spiro atoms. The molecular weight excluding hydrogens is 456 g/mol. The number of sulfonamides is 1. The highest BCUT2D eigenvalue weighted by Gasteiger charge is 2.36. The number of benzene rings is 3. The number of nitrogens with zero attached hydrogens (tertiary/aromatic N) is 1. The van der Waals surface area contributed by atoms with Gasteiger partial charge >= 0.3 is 0 Å². The number of rotatable bonds is 9. The van der Waals surface area contributed by atoms with E-state index in [-0.39, 0.29) is 11.9 Å². The summed E-state index contributed by atoms with van der Waals surface area (Å²) in [6.45, 7) is 6.56. The molecule has 1 aliphatic rings. The number of aryl methyl sites for hydroxylation is 3. The van der Waals surface area contributed by atoms with Crippen molar-refractivity contribution in [3.8, 4) is 0 Å². The molecule has 1 atom stereocenters. The standard InChI is InChI=1S/C29H34N2O3S/c1-4-6-18-31(35(33,34)26-15-10-22(5-2)11-16-26)28-17-13-23-12-14-25(20-27(23)28)30-29(32)24-9-7-8-21(3)19-24/h7-12,14-16,19-20,28H,4-6,13,17-18H2,1-3H3,(H,30,32). The van der Waals surface area contributed by atoms with Crippen LogP contribution >= 0.6 is 0 Å². The van der Waals surface area contributed by atoms with Crippen LogP contribution in [0, 0.1) is 6.92 Å². The fourth-order valence-corrected chi connectivity index (χ4v) is 6.41. The molecule has 1 N–H and O–H groups in total. The first-order chi connectivity index (χ1) is 16.8. The third-order valence-electron chi connectivity index (χ3n) is 6.75. The van der Waals surface area contributed by atoms with Gasteiger partial charge in [-0.05, 0) is 85.7 Å². The predicted molar refractivity (Wildman–Crippen MR) is 141 cm³/mol. The molecule has 0 radical (unpaired) electrons. The largest absolute Gasteiger partial charge is 0.322 e. The van der Waals surface area contributed by atoms with Crippen molar-refractivity contribution in [2.24, 2.45) is 0 Å². The van der Waals surface area contributed by atoms with Gasteiger partial charge in [-0.3, -0.25) is 4.79 Å². The van der Waals surface area contributed by atoms with E-state index >= 15 is 0 Å². The molecule has 184 valence electrons. The lowest BCUT2D eigenvalue weighted by molar-refractivity contribution is 0.102. The minimum Gasteiger partial charge on any atom is -0.322 e. The number of carbonyl (C=O) groups excluding carboxylic acids is 1. The number of amides is 1. The van der Waals surface area contributed by atoms with Crippen LogP contribution in [0.3, 0.4) is 0 Å². The number of anilines is 1. The van der Waals surface area contributed by atoms with Gasteiger partial charge < -0.3 is 5.32 Å². The molecular formula is C29H34N2O3S. The molecule has 0 bridgehead atoms. The Labute approximate surface area is 209 Å². The maximum atomic E-state index is 13.8. The minimum absolute atomic E-state index is 0.172. The van der Waals surface area contributed by atoms with E-state index in [1.807, 2.05) is 55.5 Å². The number of hydrogen-bond acceptors (Lipinski definition) is 3. The zero-order chi connectivity index (χ0) is 25.0. The zero-order valence-electron chi connectivity index (χ0n) is 20.8. The highest BCUT2D eigenvalue weighted by molar-refractivity contribution is 7.89. The van der Waals surface area contributed by atoms with Gasteiger partial charge in [-0.2, -0.15) is 4.31 Å². The highest BCUT2D eigenvalue weighted by atomic mass is 32.2. The first-order valence-electron chi connectivity index (χ1n) is 12.4. The predicted octanol–water partition coefficient (Wildman–Crippen LogP) is 6.29. The summed E-state index contributed by atoms with van der Waals surface area (Å²) in [6, 6.07) is 20.3. The van der Waals surface area contributed by atoms with Gasteiger partial charge in [0.2, 0.25) is 10.0 Å². The lowest BCUT2D eigenvalue weighted by Gasteiger charge is -2.29. The summed E-state index contributed by atoms with van der Waals surface area (Å²) in [7, 11) is -3.66. The summed E-state index contributed by atoms with van der Waals surface area (Å²) in [6.07, 6.45) is 4.13. The molecule has 0 saturated carbocycles. The average Bonchev–Trinajstić information content (AvgIpc) is 3.27. The molecule has 6 heteroatoms. The molecule has 0 fully saturated rings. The molecule has 5 nitrogen and oxygen atoms in total. The molecule has 1 amide bonds. The molecule has 3 aromatic rings. The van der Waals surface area contributed by atoms with E-state index in [1.165, 1.54) is 0 Å². The van der Waals surface area contributed by atoms with E-state index in [0.717, 1.165) is 54.4 Å². The number of unbranched alkanes of at least 4 members (excludes halogenated alkanes) is 1. The average molecular weight is 491 g/mol. The molecule has 0 aromatic heterocycles. The first-order valence-corrected chi connectivity index (χ1v) is 13.9. The van der Waals surface area contributed by atoms with Gasteiger partial charge in [-0.1, -0.05) is 56.2 Å². The monoisotopic (exact) mass is 490 g/mol. The summed E-state index contributed by atoms with van der Waals surface area (Å²) in [4.78, 5) is 13.1. The van der Waals surface area contributed by atoms with E-state index in [4.69, 9.17) is 0 Å². The van der Waals surface area contributed by atoms with Crippen LogP contribution in [0.4, 0.5) is 5.69 Å². The topological polar surface area (TPSA) is 66.5 Å². The Kier molecular flexibility index (Phi) is 7.72. The van der Waals surface area contributed by atoms with E-state index in [9.17, 15) is 13.2 Å². The van der Waals surface area contributed by atoms with Crippen molar-refractivity contribution in [3.05, 3.63) is 94.5 Å². The van der Waals surface area contributed by atoms with Crippen molar-refractivity contribution < 1.29 is 13.2 Å². The summed E-state index contributed by atoms with van der Waals surface area (Å²) in [5.74, 6) is -0.172. The van der Waals surface area contributed by atoms with Gasteiger partial charge in [0.25, 0.3) is 5.91 Å². The Bertz CT molecular complexity index is 1300. The Morgan fingerprint density at radius 2 is 1.80 bits per heavy atom. The van der Waals surface area contributed by atoms with Crippen molar-refractivity contribution >= 4 is 21.6 Å². The van der Waals surface area contributed by atoms with Crippen molar-refractivity contribution in [3.63, 3.8) is 0 Å². The zero-order valence-corrected chi connectivity index (χ0v) is 21.6. The van der Waals surface area contributed by atoms with Crippen molar-refractivity contribution in [1.82, 2.24) is 4.31 Å². The summed E-state index contributed by atoms with van der Waals surface area (Å²) < 4.78 is 29.2. The van der Waals surface area contributed by atoms with Crippen LogP contribution in [0.1, 0.15) is 71.8 Å². The number of hydrogen-bond donors (Lipinski definition) is 1. The van der Waals surface area contributed by atoms with Crippen LogP contribution < -0.4 is 5.32 Å². The Balaban J connectivity index is 1.64. The van der Waals surface area contributed by atoms with Crippen LogP contribution in [0.15, 0.2) is 71.6 Å². The Morgan fingerprint density at radius 1 is 1.03 bits per heavy atom. The fraction of sp³-hybridized carbons (Fsp3) is 0.345. The molecule has 3 aromatic carbocycles. The molecule has 0 aliphatic heterocycles. The van der Waals surface area contributed by atoms with E-state index < -0.39 is 10.0 Å². The molecule has 1 aliphatic carbocycles. The van der Waals surface area contributed by atoms with Crippen LogP contribution in [0.5, 0.6) is 0 Å². The highest BCUT2D eigenvalue weighted by Crippen LogP contribution is 2.40. The number of carbonyl (C=O) groups is 1. The van der Waals surface area contributed by atoms with Gasteiger partial charge in [0.05, 0.1) is 10.9 Å². The quantitative estimate of drug-likeness (QED) is 0.383. The van der Waals surface area contributed by atoms with Crippen LogP contribution in [-0.4, -0.2) is 25.2 Å². The summed E-state index contributed by atoms with van der Waals surface area (Å²) in [5, 5.41) is 2.99. The maximum Gasteiger partial charge on any atom is 0.255 e. The Hall–Kier alpha value is -2.96. The molecule has 0 heterocycles. The second kappa shape index (κ2) is 10.8. The summed E-state index contributed by atoms with van der Waals surface area (Å²) in [5.41, 5.74) is 5.55. The van der Waals surface area contributed by atoms with Gasteiger partial charge in [0, 0.05) is 17.8 Å². The van der Waals surface area contributed by atoms with Gasteiger partial charge in [-0.15, -0.1) is 0 Å². The summed E-state index contributed by atoms with van der Waals surface area (Å²) >= 11 is 0. The molecule has 35 heavy (non-hydrogen) atoms. The number of nitrogens with one attached hydrogen (secondary N) is 1. The lowest BCUT2D eigenvalue weighted by Crippen LogP contribution is -2.35. The fourth-order valence-electron chi connectivity index (χ4n) is 4.74. The third-order valence-corrected chi connectivity index (χ3v) is 8.67. The van der Waals surface area contributed by atoms with Crippen molar-refractivity contribution in [2.75, 3.05) is 11.9 Å². The van der Waals surface area contributed by atoms with E-state index in [0.29, 0.717) is 22.7 Å². The van der Waals surface area contributed by atoms with Crippen LogP contribution in [0.2, 0.25) is 0 Å². The SMILES string of the molecule is CCCCN(C1CCc2ccc(NC(=O)c3cccc(C)c3)cc21)S(=O)(=O)c1ccc(CC)cc1. The first kappa shape index (κ1) is 25.1. The molecule has 0 saturated heterocycles. The van der Waals surface area contributed by atoms with Gasteiger partial charge in [0.15, 0.2) is 0 Å². The van der Waals surface area contributed by atoms with Gasteiger partial charge in [-0.25, -0.2) is 8.42 Å². The van der Waals surface area contributed by atoms with E-state index in [1.54, 1.807) is 22.5 Å². The maximum absolute atomic E-state index is 13.8. The number of fused-ring (bicyclic) bond motifs is 1. The van der Waals surface area contributed by atoms with E-state index in [2.05, 4.69) is 19.2 Å². The van der Waals surface area contributed by atoms with Crippen LogP contribution in [0.25, 0.3) is 0 Å². The Morgan fingerprint density at radius 3 is 2.49 bits per heavy atom. The molecule has 1 unspecified atom stereocenters. The van der Waals surface area contributed by atoms with Crippen molar-refractivity contribution in [1.29, 1.82) is 0 Å². The third kappa shape index (κ3) is 5.49. The second-order valence-electron chi connectivity index (χ2n) is 9.26.